The molecule has 6 nitrogen and oxygen atoms in total. The number of hydrogen-bond donors (Lipinski definition) is 0. The van der Waals surface area contributed by atoms with Crippen LogP contribution in [0.4, 0.5) is 0 Å². The molecule has 6 heteroatoms. The number of amides is 2. The van der Waals surface area contributed by atoms with Gasteiger partial charge < -0.3 is 9.80 Å². The van der Waals surface area contributed by atoms with Crippen LogP contribution in [0.5, 0.6) is 0 Å². The van der Waals surface area contributed by atoms with Crippen LogP contribution in [-0.4, -0.2) is 78.6 Å². The highest BCUT2D eigenvalue weighted by Gasteiger charge is 2.40. The fourth-order valence-electron chi connectivity index (χ4n) is 4.27. The summed E-state index contributed by atoms with van der Waals surface area (Å²) in [7, 11) is 1.86. The van der Waals surface area contributed by atoms with Gasteiger partial charge in [0, 0.05) is 70.5 Å². The molecule has 0 aromatic rings. The van der Waals surface area contributed by atoms with Crippen LogP contribution in [0.3, 0.4) is 0 Å². The number of nitrogens with zero attached hydrogens (tertiary/aromatic N) is 3. The molecule has 27 heavy (non-hydrogen) atoms. The Balaban J connectivity index is 1.88. The van der Waals surface area contributed by atoms with Crippen molar-refractivity contribution in [2.24, 2.45) is 17.3 Å². The summed E-state index contributed by atoms with van der Waals surface area (Å²) < 4.78 is 0. The Hall–Kier alpha value is -1.43. The maximum Gasteiger partial charge on any atom is 0.226 e. The largest absolute Gasteiger partial charge is 0.344 e. The Morgan fingerprint density at radius 1 is 0.963 bits per heavy atom. The molecule has 0 unspecified atom stereocenters. The van der Waals surface area contributed by atoms with E-state index in [1.165, 1.54) is 0 Å². The van der Waals surface area contributed by atoms with Gasteiger partial charge in [0.15, 0.2) is 0 Å². The van der Waals surface area contributed by atoms with Crippen molar-refractivity contribution >= 4 is 17.6 Å². The summed E-state index contributed by atoms with van der Waals surface area (Å²) in [6.07, 6.45) is 3.74. The summed E-state index contributed by atoms with van der Waals surface area (Å²) in [5, 5.41) is 0. The van der Waals surface area contributed by atoms with Crippen molar-refractivity contribution in [3.8, 4) is 0 Å². The van der Waals surface area contributed by atoms with E-state index in [1.807, 2.05) is 37.6 Å². The Morgan fingerprint density at radius 2 is 1.52 bits per heavy atom. The molecule has 1 aliphatic heterocycles. The molecular weight excluding hydrogens is 342 g/mol. The highest BCUT2D eigenvalue weighted by atomic mass is 16.2. The molecule has 0 aromatic carbocycles. The fourth-order valence-corrected chi connectivity index (χ4v) is 4.27. The van der Waals surface area contributed by atoms with Crippen molar-refractivity contribution < 1.29 is 14.4 Å². The molecule has 2 fully saturated rings. The van der Waals surface area contributed by atoms with Crippen LogP contribution in [0.25, 0.3) is 0 Å². The zero-order valence-corrected chi connectivity index (χ0v) is 17.8. The number of ketones is 1. The molecule has 1 saturated heterocycles. The minimum absolute atomic E-state index is 0.125. The van der Waals surface area contributed by atoms with E-state index >= 15 is 0 Å². The van der Waals surface area contributed by atoms with Crippen molar-refractivity contribution in [1.82, 2.24) is 14.7 Å². The summed E-state index contributed by atoms with van der Waals surface area (Å²) >= 11 is 0. The van der Waals surface area contributed by atoms with Crippen LogP contribution in [-0.2, 0) is 14.4 Å². The summed E-state index contributed by atoms with van der Waals surface area (Å²) in [5.41, 5.74) is -0.393. The first-order valence-corrected chi connectivity index (χ1v) is 10.4. The van der Waals surface area contributed by atoms with Gasteiger partial charge in [0.25, 0.3) is 0 Å². The van der Waals surface area contributed by atoms with Crippen molar-refractivity contribution in [2.45, 2.75) is 53.4 Å². The van der Waals surface area contributed by atoms with E-state index in [1.54, 1.807) is 6.92 Å². The molecule has 0 aromatic heterocycles. The summed E-state index contributed by atoms with van der Waals surface area (Å²) in [6, 6.07) is 0. The van der Waals surface area contributed by atoms with Gasteiger partial charge in [0.1, 0.15) is 5.78 Å². The third-order valence-electron chi connectivity index (χ3n) is 6.10. The first-order valence-electron chi connectivity index (χ1n) is 10.4. The highest BCUT2D eigenvalue weighted by Crippen LogP contribution is 2.36. The molecule has 1 aliphatic carbocycles. The number of carbonyl (C=O) groups excluding carboxylic acids is 3. The van der Waals surface area contributed by atoms with Crippen LogP contribution in [0.2, 0.25) is 0 Å². The lowest BCUT2D eigenvalue weighted by molar-refractivity contribution is -0.145. The molecule has 0 bridgehead atoms. The van der Waals surface area contributed by atoms with Gasteiger partial charge in [-0.2, -0.15) is 0 Å². The van der Waals surface area contributed by atoms with Crippen LogP contribution >= 0.6 is 0 Å². The zero-order valence-electron chi connectivity index (χ0n) is 17.8. The van der Waals surface area contributed by atoms with E-state index < -0.39 is 5.41 Å². The molecule has 2 atom stereocenters. The van der Waals surface area contributed by atoms with Gasteiger partial charge in [0.05, 0.1) is 0 Å². The van der Waals surface area contributed by atoms with Crippen LogP contribution in [0.15, 0.2) is 0 Å². The Bertz CT molecular complexity index is 547. The SMILES string of the molecule is CC(=O)N1CCN(CCN(C)C(=O)[C@H]2CCCC[C@H]2C(=O)C(C)(C)C)CC1. The Kier molecular flexibility index (Phi) is 7.43. The van der Waals surface area contributed by atoms with Crippen molar-refractivity contribution in [3.63, 3.8) is 0 Å². The summed E-state index contributed by atoms with van der Waals surface area (Å²) in [5.74, 6) is 0.195. The van der Waals surface area contributed by atoms with E-state index in [4.69, 9.17) is 0 Å². The minimum Gasteiger partial charge on any atom is -0.344 e. The fraction of sp³-hybridized carbons (Fsp3) is 0.857. The van der Waals surface area contributed by atoms with Gasteiger partial charge in [-0.1, -0.05) is 33.6 Å². The second-order valence-electron chi connectivity index (χ2n) is 9.22. The van der Waals surface area contributed by atoms with Crippen molar-refractivity contribution in [1.29, 1.82) is 0 Å². The molecule has 2 aliphatic rings. The smallest absolute Gasteiger partial charge is 0.226 e. The second kappa shape index (κ2) is 9.18. The highest BCUT2D eigenvalue weighted by molar-refractivity contribution is 5.91. The lowest BCUT2D eigenvalue weighted by Crippen LogP contribution is -2.50. The first-order chi connectivity index (χ1) is 12.6. The van der Waals surface area contributed by atoms with Crippen LogP contribution in [0, 0.1) is 17.3 Å². The number of piperazine rings is 1. The van der Waals surface area contributed by atoms with E-state index in [2.05, 4.69) is 4.90 Å². The molecule has 0 N–H and O–H groups in total. The Morgan fingerprint density at radius 3 is 2.04 bits per heavy atom. The van der Waals surface area contributed by atoms with E-state index in [0.29, 0.717) is 6.54 Å². The number of Topliss-reactive ketones (excluding diaryl/α,β-unsaturated/α-hetero) is 1. The van der Waals surface area contributed by atoms with Gasteiger partial charge in [0.2, 0.25) is 11.8 Å². The van der Waals surface area contributed by atoms with Gasteiger partial charge >= 0.3 is 0 Å². The standard InChI is InChI=1S/C21H37N3O3/c1-16(25)24-14-12-23(13-15-24)11-10-22(5)20(27)18-9-7-6-8-17(18)19(26)21(2,3)4/h17-18H,6-15H2,1-5H3/t17-,18+/m1/s1. The van der Waals surface area contributed by atoms with E-state index in [0.717, 1.165) is 58.4 Å². The molecule has 2 amide bonds. The molecule has 1 saturated carbocycles. The topological polar surface area (TPSA) is 60.9 Å². The van der Waals surface area contributed by atoms with Crippen LogP contribution in [0.1, 0.15) is 53.4 Å². The monoisotopic (exact) mass is 379 g/mol. The number of carbonyl (C=O) groups is 3. The maximum absolute atomic E-state index is 13.1. The van der Waals surface area contributed by atoms with E-state index in [-0.39, 0.29) is 29.4 Å². The molecule has 0 spiro atoms. The number of likely N-dealkylation sites (N-methyl/N-ethyl adjacent to an activating group) is 1. The van der Waals surface area contributed by atoms with Gasteiger partial charge in [-0.15, -0.1) is 0 Å². The molecule has 1 heterocycles. The summed E-state index contributed by atoms with van der Waals surface area (Å²) in [4.78, 5) is 43.3. The molecular formula is C21H37N3O3. The van der Waals surface area contributed by atoms with Crippen LogP contribution < -0.4 is 0 Å². The van der Waals surface area contributed by atoms with Gasteiger partial charge in [-0.3, -0.25) is 19.3 Å². The lowest BCUT2D eigenvalue weighted by Gasteiger charge is -2.37. The van der Waals surface area contributed by atoms with Gasteiger partial charge in [-0.05, 0) is 12.8 Å². The average Bonchev–Trinajstić information content (AvgIpc) is 2.64. The predicted octanol–water partition coefficient (Wildman–Crippen LogP) is 2.03. The quantitative estimate of drug-likeness (QED) is 0.733. The molecule has 154 valence electrons. The second-order valence-corrected chi connectivity index (χ2v) is 9.22. The normalized spacial score (nSPS) is 24.6. The minimum atomic E-state index is -0.393. The zero-order chi connectivity index (χ0) is 20.2. The lowest BCUT2D eigenvalue weighted by atomic mass is 9.70. The first kappa shape index (κ1) is 21.9. The average molecular weight is 380 g/mol. The van der Waals surface area contributed by atoms with Crippen molar-refractivity contribution in [2.75, 3.05) is 46.3 Å². The number of rotatable bonds is 5. The van der Waals surface area contributed by atoms with Crippen molar-refractivity contribution in [3.05, 3.63) is 0 Å². The third-order valence-corrected chi connectivity index (χ3v) is 6.10. The molecule has 2 rings (SSSR count). The third kappa shape index (κ3) is 5.77. The maximum atomic E-state index is 13.1. The molecule has 0 radical (unpaired) electrons. The Labute approximate surface area is 164 Å². The predicted molar refractivity (Wildman–Crippen MR) is 106 cm³/mol. The summed E-state index contributed by atoms with van der Waals surface area (Å²) in [6.45, 7) is 12.2. The number of hydrogen-bond acceptors (Lipinski definition) is 4. The van der Waals surface area contributed by atoms with Gasteiger partial charge in [-0.25, -0.2) is 0 Å². The van der Waals surface area contributed by atoms with E-state index in [9.17, 15) is 14.4 Å².